The monoisotopic (exact) mass is 266 g/mol. The van der Waals surface area contributed by atoms with Gasteiger partial charge in [-0.05, 0) is 51.4 Å². The Balaban J connectivity index is 1.61. The fourth-order valence-electron chi connectivity index (χ4n) is 4.04. The standard InChI is InChI=1S/C16H30N2O/c1-4-15-13(7-8-19-15)10-18-11-16(3,14-5-6-14)17-9-12(18)2/h12-15,17H,4-11H2,1-3H3. The highest BCUT2D eigenvalue weighted by atomic mass is 16.5. The average Bonchev–Trinajstić information content (AvgIpc) is 3.16. The molecular formula is C16H30N2O. The van der Waals surface area contributed by atoms with Crippen LogP contribution in [-0.4, -0.2) is 48.8 Å². The van der Waals surface area contributed by atoms with Crippen LogP contribution in [-0.2, 0) is 4.74 Å². The summed E-state index contributed by atoms with van der Waals surface area (Å²) < 4.78 is 5.86. The number of nitrogens with one attached hydrogen (secondary N) is 1. The minimum atomic E-state index is 0.369. The van der Waals surface area contributed by atoms with Gasteiger partial charge in [-0.25, -0.2) is 0 Å². The highest BCUT2D eigenvalue weighted by molar-refractivity contribution is 5.03. The van der Waals surface area contributed by atoms with Crippen molar-refractivity contribution in [1.82, 2.24) is 10.2 Å². The topological polar surface area (TPSA) is 24.5 Å². The van der Waals surface area contributed by atoms with Crippen LogP contribution in [0.5, 0.6) is 0 Å². The van der Waals surface area contributed by atoms with Gasteiger partial charge in [0.1, 0.15) is 0 Å². The molecule has 19 heavy (non-hydrogen) atoms. The van der Waals surface area contributed by atoms with Gasteiger partial charge < -0.3 is 10.1 Å². The molecule has 0 radical (unpaired) electrons. The van der Waals surface area contributed by atoms with Crippen molar-refractivity contribution >= 4 is 0 Å². The molecule has 110 valence electrons. The van der Waals surface area contributed by atoms with E-state index in [1.165, 1.54) is 38.8 Å². The molecule has 0 aromatic heterocycles. The zero-order valence-electron chi connectivity index (χ0n) is 12.8. The van der Waals surface area contributed by atoms with Crippen molar-refractivity contribution in [2.24, 2.45) is 11.8 Å². The molecule has 1 N–H and O–H groups in total. The van der Waals surface area contributed by atoms with Crippen LogP contribution in [0.2, 0.25) is 0 Å². The van der Waals surface area contributed by atoms with E-state index >= 15 is 0 Å². The maximum Gasteiger partial charge on any atom is 0.0613 e. The Morgan fingerprint density at radius 3 is 2.79 bits per heavy atom. The fraction of sp³-hybridized carbons (Fsp3) is 1.00. The van der Waals surface area contributed by atoms with E-state index in [2.05, 4.69) is 31.0 Å². The highest BCUT2D eigenvalue weighted by Crippen LogP contribution is 2.41. The Morgan fingerprint density at radius 2 is 2.11 bits per heavy atom. The lowest BCUT2D eigenvalue weighted by Crippen LogP contribution is -2.64. The molecule has 4 atom stereocenters. The molecule has 1 aliphatic carbocycles. The number of ether oxygens (including phenoxy) is 1. The third-order valence-corrected chi connectivity index (χ3v) is 5.65. The third-order valence-electron chi connectivity index (χ3n) is 5.65. The molecule has 2 saturated heterocycles. The van der Waals surface area contributed by atoms with Gasteiger partial charge in [-0.3, -0.25) is 4.90 Å². The van der Waals surface area contributed by atoms with Gasteiger partial charge in [0.25, 0.3) is 0 Å². The van der Waals surface area contributed by atoms with Crippen molar-refractivity contribution in [2.75, 3.05) is 26.2 Å². The molecule has 1 saturated carbocycles. The molecule has 3 aliphatic rings. The van der Waals surface area contributed by atoms with Crippen LogP contribution in [0.25, 0.3) is 0 Å². The summed E-state index contributed by atoms with van der Waals surface area (Å²) in [5.41, 5.74) is 0.369. The first-order chi connectivity index (χ1) is 9.12. The third kappa shape index (κ3) is 2.84. The van der Waals surface area contributed by atoms with Gasteiger partial charge in [0.2, 0.25) is 0 Å². The van der Waals surface area contributed by atoms with Gasteiger partial charge in [-0.1, -0.05) is 6.92 Å². The Labute approximate surface area is 118 Å². The van der Waals surface area contributed by atoms with E-state index in [-0.39, 0.29) is 0 Å². The van der Waals surface area contributed by atoms with Crippen molar-refractivity contribution in [1.29, 1.82) is 0 Å². The lowest BCUT2D eigenvalue weighted by Gasteiger charge is -2.46. The van der Waals surface area contributed by atoms with E-state index in [4.69, 9.17) is 4.74 Å². The SMILES string of the molecule is CCC1OCCC1CN1CC(C)(C2CC2)NCC1C. The first-order valence-corrected chi connectivity index (χ1v) is 8.23. The van der Waals surface area contributed by atoms with E-state index in [1.54, 1.807) is 0 Å². The van der Waals surface area contributed by atoms with Crippen molar-refractivity contribution in [3.8, 4) is 0 Å². The van der Waals surface area contributed by atoms with E-state index in [9.17, 15) is 0 Å². The van der Waals surface area contributed by atoms with Crippen LogP contribution in [0.15, 0.2) is 0 Å². The highest BCUT2D eigenvalue weighted by Gasteiger charge is 2.45. The van der Waals surface area contributed by atoms with E-state index in [0.717, 1.165) is 25.0 Å². The normalized spacial score (nSPS) is 44.7. The quantitative estimate of drug-likeness (QED) is 0.845. The summed E-state index contributed by atoms with van der Waals surface area (Å²) in [5, 5.41) is 3.81. The Hall–Kier alpha value is -0.120. The minimum Gasteiger partial charge on any atom is -0.378 e. The van der Waals surface area contributed by atoms with Gasteiger partial charge >= 0.3 is 0 Å². The molecule has 4 unspecified atom stereocenters. The predicted octanol–water partition coefficient (Wildman–Crippen LogP) is 2.26. The second kappa shape index (κ2) is 5.34. The zero-order chi connectivity index (χ0) is 13.5. The second-order valence-corrected chi connectivity index (χ2v) is 7.22. The number of nitrogens with zero attached hydrogens (tertiary/aromatic N) is 1. The van der Waals surface area contributed by atoms with Crippen LogP contribution in [0.4, 0.5) is 0 Å². The van der Waals surface area contributed by atoms with Gasteiger partial charge in [-0.2, -0.15) is 0 Å². The molecule has 3 heteroatoms. The second-order valence-electron chi connectivity index (χ2n) is 7.22. The molecule has 0 spiro atoms. The average molecular weight is 266 g/mol. The molecule has 3 fully saturated rings. The number of hydrogen-bond acceptors (Lipinski definition) is 3. The lowest BCUT2D eigenvalue weighted by molar-refractivity contribution is 0.0400. The van der Waals surface area contributed by atoms with Crippen molar-refractivity contribution in [3.05, 3.63) is 0 Å². The number of rotatable bonds is 4. The maximum atomic E-state index is 5.86. The van der Waals surface area contributed by atoms with Crippen molar-refractivity contribution in [3.63, 3.8) is 0 Å². The molecule has 2 aliphatic heterocycles. The smallest absolute Gasteiger partial charge is 0.0613 e. The predicted molar refractivity (Wildman–Crippen MR) is 78.3 cm³/mol. The molecule has 0 aromatic rings. The number of piperazine rings is 1. The van der Waals surface area contributed by atoms with Crippen molar-refractivity contribution < 1.29 is 4.74 Å². The summed E-state index contributed by atoms with van der Waals surface area (Å²) in [6.45, 7) is 11.7. The maximum absolute atomic E-state index is 5.86. The van der Waals surface area contributed by atoms with E-state index in [0.29, 0.717) is 17.7 Å². The first kappa shape index (κ1) is 13.8. The molecule has 3 rings (SSSR count). The van der Waals surface area contributed by atoms with Crippen LogP contribution in [0.3, 0.4) is 0 Å². The van der Waals surface area contributed by atoms with Crippen LogP contribution < -0.4 is 5.32 Å². The molecular weight excluding hydrogens is 236 g/mol. The van der Waals surface area contributed by atoms with Gasteiger partial charge in [0, 0.05) is 37.8 Å². The summed E-state index contributed by atoms with van der Waals surface area (Å²) in [5.74, 6) is 1.68. The minimum absolute atomic E-state index is 0.369. The molecule has 0 amide bonds. The van der Waals surface area contributed by atoms with Gasteiger partial charge in [0.15, 0.2) is 0 Å². The lowest BCUT2D eigenvalue weighted by atomic mass is 9.89. The Morgan fingerprint density at radius 1 is 1.32 bits per heavy atom. The van der Waals surface area contributed by atoms with Crippen LogP contribution in [0, 0.1) is 11.8 Å². The summed E-state index contributed by atoms with van der Waals surface area (Å²) in [4.78, 5) is 2.73. The molecule has 3 nitrogen and oxygen atoms in total. The van der Waals surface area contributed by atoms with Crippen LogP contribution in [0.1, 0.15) is 46.5 Å². The molecule has 0 aromatic carbocycles. The Bertz CT molecular complexity index is 318. The summed E-state index contributed by atoms with van der Waals surface area (Å²) >= 11 is 0. The fourth-order valence-corrected chi connectivity index (χ4v) is 4.04. The molecule has 2 heterocycles. The van der Waals surface area contributed by atoms with E-state index < -0.39 is 0 Å². The van der Waals surface area contributed by atoms with E-state index in [1.807, 2.05) is 0 Å². The first-order valence-electron chi connectivity index (χ1n) is 8.23. The zero-order valence-corrected chi connectivity index (χ0v) is 12.8. The number of hydrogen-bond donors (Lipinski definition) is 1. The van der Waals surface area contributed by atoms with Crippen molar-refractivity contribution in [2.45, 2.75) is 64.1 Å². The molecule has 0 bridgehead atoms. The Kier molecular flexibility index (Phi) is 3.89. The summed E-state index contributed by atoms with van der Waals surface area (Å²) in [6.07, 6.45) is 5.79. The van der Waals surface area contributed by atoms with Gasteiger partial charge in [0.05, 0.1) is 6.10 Å². The summed E-state index contributed by atoms with van der Waals surface area (Å²) in [7, 11) is 0. The van der Waals surface area contributed by atoms with Crippen LogP contribution >= 0.6 is 0 Å². The largest absolute Gasteiger partial charge is 0.378 e. The summed E-state index contributed by atoms with van der Waals surface area (Å²) in [6, 6.07) is 0.671. The van der Waals surface area contributed by atoms with Gasteiger partial charge in [-0.15, -0.1) is 0 Å².